The highest BCUT2D eigenvalue weighted by Gasteiger charge is 2.07. The number of nitriles is 1. The first kappa shape index (κ1) is 9.67. The smallest absolute Gasteiger partial charge is 0.270 e. The summed E-state index contributed by atoms with van der Waals surface area (Å²) in [6.07, 6.45) is 1.51. The van der Waals surface area contributed by atoms with E-state index in [1.54, 1.807) is 6.07 Å². The number of nitro groups is 1. The monoisotopic (exact) mass is 190 g/mol. The Bertz CT molecular complexity index is 433. The molecule has 0 aliphatic heterocycles. The molecule has 1 aromatic rings. The number of amidine groups is 1. The predicted molar refractivity (Wildman–Crippen MR) is 49.4 cm³/mol. The Morgan fingerprint density at radius 3 is 2.93 bits per heavy atom. The lowest BCUT2D eigenvalue weighted by atomic mass is 10.2. The quantitative estimate of drug-likeness (QED) is 0.244. The zero-order valence-electron chi connectivity index (χ0n) is 7.04. The highest BCUT2D eigenvalue weighted by atomic mass is 16.6. The fraction of sp³-hybridized carbons (Fsp3) is 0. The van der Waals surface area contributed by atoms with Crippen molar-refractivity contribution in [3.8, 4) is 6.19 Å². The minimum Gasteiger partial charge on any atom is -0.383 e. The van der Waals surface area contributed by atoms with E-state index in [0.717, 1.165) is 0 Å². The van der Waals surface area contributed by atoms with Crippen molar-refractivity contribution in [2.75, 3.05) is 0 Å². The molecule has 70 valence electrons. The predicted octanol–water partition coefficient (Wildman–Crippen LogP) is 0.781. The number of hydrogen-bond donors (Lipinski definition) is 1. The molecule has 1 aromatic carbocycles. The average molecular weight is 190 g/mol. The number of benzene rings is 1. The van der Waals surface area contributed by atoms with Crippen LogP contribution in [0.15, 0.2) is 29.3 Å². The summed E-state index contributed by atoms with van der Waals surface area (Å²) in [4.78, 5) is 13.1. The number of hydrogen-bond acceptors (Lipinski definition) is 4. The number of aliphatic imine (C=N–C) groups is 1. The Balaban J connectivity index is 3.13. The summed E-state index contributed by atoms with van der Waals surface area (Å²) in [6, 6.07) is 5.62. The van der Waals surface area contributed by atoms with Crippen molar-refractivity contribution >= 4 is 11.5 Å². The van der Waals surface area contributed by atoms with Crippen LogP contribution in [0.2, 0.25) is 0 Å². The summed E-state index contributed by atoms with van der Waals surface area (Å²) < 4.78 is 0. The number of nitro benzene ring substituents is 1. The van der Waals surface area contributed by atoms with Gasteiger partial charge in [0.15, 0.2) is 0 Å². The van der Waals surface area contributed by atoms with Gasteiger partial charge in [-0.2, -0.15) is 10.3 Å². The molecule has 0 spiro atoms. The van der Waals surface area contributed by atoms with Crippen LogP contribution in [0, 0.1) is 21.6 Å². The number of rotatable bonds is 2. The highest BCUT2D eigenvalue weighted by molar-refractivity contribution is 5.98. The van der Waals surface area contributed by atoms with E-state index in [-0.39, 0.29) is 11.5 Å². The van der Waals surface area contributed by atoms with E-state index in [0.29, 0.717) is 5.56 Å². The van der Waals surface area contributed by atoms with Gasteiger partial charge in [-0.15, -0.1) is 0 Å². The molecule has 0 saturated carbocycles. The summed E-state index contributed by atoms with van der Waals surface area (Å²) in [5, 5.41) is 18.6. The SMILES string of the molecule is N#CN=C(N)c1cccc([N+](=O)[O-])c1. The molecule has 14 heavy (non-hydrogen) atoms. The molecule has 6 heteroatoms. The van der Waals surface area contributed by atoms with Gasteiger partial charge in [0, 0.05) is 17.7 Å². The van der Waals surface area contributed by atoms with Crippen molar-refractivity contribution in [3.05, 3.63) is 39.9 Å². The van der Waals surface area contributed by atoms with Crippen LogP contribution in [0.3, 0.4) is 0 Å². The molecular weight excluding hydrogens is 184 g/mol. The highest BCUT2D eigenvalue weighted by Crippen LogP contribution is 2.12. The third-order valence-corrected chi connectivity index (χ3v) is 1.52. The van der Waals surface area contributed by atoms with E-state index in [2.05, 4.69) is 4.99 Å². The Morgan fingerprint density at radius 2 is 2.36 bits per heavy atom. The maximum absolute atomic E-state index is 10.4. The molecule has 0 saturated heterocycles. The molecule has 0 unspecified atom stereocenters. The summed E-state index contributed by atoms with van der Waals surface area (Å²) in [5.41, 5.74) is 5.66. The molecule has 0 bridgehead atoms. The van der Waals surface area contributed by atoms with Gasteiger partial charge in [0.2, 0.25) is 6.19 Å². The van der Waals surface area contributed by atoms with Crippen molar-refractivity contribution in [1.29, 1.82) is 5.26 Å². The maximum Gasteiger partial charge on any atom is 0.270 e. The van der Waals surface area contributed by atoms with Gasteiger partial charge < -0.3 is 5.73 Å². The van der Waals surface area contributed by atoms with Crippen molar-refractivity contribution < 1.29 is 4.92 Å². The third-order valence-electron chi connectivity index (χ3n) is 1.52. The first-order chi connectivity index (χ1) is 6.65. The van der Waals surface area contributed by atoms with Crippen LogP contribution >= 0.6 is 0 Å². The van der Waals surface area contributed by atoms with Gasteiger partial charge in [0.1, 0.15) is 5.84 Å². The van der Waals surface area contributed by atoms with E-state index in [9.17, 15) is 10.1 Å². The van der Waals surface area contributed by atoms with Crippen molar-refractivity contribution in [2.45, 2.75) is 0 Å². The molecule has 0 fully saturated rings. The number of non-ortho nitro benzene ring substituents is 1. The molecule has 1 rings (SSSR count). The lowest BCUT2D eigenvalue weighted by Gasteiger charge is -1.97. The number of nitrogens with zero attached hydrogens (tertiary/aromatic N) is 3. The lowest BCUT2D eigenvalue weighted by Crippen LogP contribution is -2.12. The van der Waals surface area contributed by atoms with Gasteiger partial charge in [0.25, 0.3) is 5.69 Å². The molecule has 0 aliphatic rings. The molecule has 0 atom stereocenters. The van der Waals surface area contributed by atoms with Crippen molar-refractivity contribution in [1.82, 2.24) is 0 Å². The van der Waals surface area contributed by atoms with E-state index in [4.69, 9.17) is 11.0 Å². The van der Waals surface area contributed by atoms with E-state index >= 15 is 0 Å². The largest absolute Gasteiger partial charge is 0.383 e. The summed E-state index contributed by atoms with van der Waals surface area (Å²) in [6.45, 7) is 0. The molecule has 0 amide bonds. The Labute approximate surface area is 79.4 Å². The topological polar surface area (TPSA) is 105 Å². The van der Waals surface area contributed by atoms with Crippen molar-refractivity contribution in [3.63, 3.8) is 0 Å². The third kappa shape index (κ3) is 2.04. The molecule has 6 nitrogen and oxygen atoms in total. The van der Waals surface area contributed by atoms with Crippen LogP contribution in [0.1, 0.15) is 5.56 Å². The fourth-order valence-electron chi connectivity index (χ4n) is 0.897. The van der Waals surface area contributed by atoms with Gasteiger partial charge in [-0.25, -0.2) is 0 Å². The van der Waals surface area contributed by atoms with Crippen LogP contribution in [0.5, 0.6) is 0 Å². The van der Waals surface area contributed by atoms with Crippen molar-refractivity contribution in [2.24, 2.45) is 10.7 Å². The van der Waals surface area contributed by atoms with Crippen LogP contribution in [-0.2, 0) is 0 Å². The fourth-order valence-corrected chi connectivity index (χ4v) is 0.897. The molecular formula is C8H6N4O2. The van der Waals surface area contributed by atoms with E-state index in [1.165, 1.54) is 24.4 Å². The lowest BCUT2D eigenvalue weighted by molar-refractivity contribution is -0.384. The van der Waals surface area contributed by atoms with Gasteiger partial charge in [-0.1, -0.05) is 12.1 Å². The average Bonchev–Trinajstić information content (AvgIpc) is 2.18. The number of nitrogens with two attached hydrogens (primary N) is 1. The zero-order valence-corrected chi connectivity index (χ0v) is 7.04. The Morgan fingerprint density at radius 1 is 1.64 bits per heavy atom. The molecule has 0 aromatic heterocycles. The zero-order chi connectivity index (χ0) is 10.6. The van der Waals surface area contributed by atoms with Crippen LogP contribution in [0.25, 0.3) is 0 Å². The summed E-state index contributed by atoms with van der Waals surface area (Å²) >= 11 is 0. The van der Waals surface area contributed by atoms with Gasteiger partial charge in [0.05, 0.1) is 4.92 Å². The van der Waals surface area contributed by atoms with Crippen LogP contribution in [0.4, 0.5) is 5.69 Å². The van der Waals surface area contributed by atoms with Crippen LogP contribution in [-0.4, -0.2) is 10.8 Å². The van der Waals surface area contributed by atoms with Crippen LogP contribution < -0.4 is 5.73 Å². The first-order valence-electron chi connectivity index (χ1n) is 3.62. The molecule has 2 N–H and O–H groups in total. The second-order valence-electron chi connectivity index (χ2n) is 2.40. The Kier molecular flexibility index (Phi) is 2.76. The Hall–Kier alpha value is -2.42. The normalized spacial score (nSPS) is 10.6. The minimum atomic E-state index is -0.539. The van der Waals surface area contributed by atoms with Gasteiger partial charge >= 0.3 is 0 Å². The second-order valence-corrected chi connectivity index (χ2v) is 2.40. The summed E-state index contributed by atoms with van der Waals surface area (Å²) in [5.74, 6) is -0.0313. The maximum atomic E-state index is 10.4. The van der Waals surface area contributed by atoms with Gasteiger partial charge in [-0.05, 0) is 0 Å². The molecule has 0 heterocycles. The van der Waals surface area contributed by atoms with E-state index in [1.807, 2.05) is 0 Å². The minimum absolute atomic E-state index is 0.0313. The molecule has 0 radical (unpaired) electrons. The van der Waals surface area contributed by atoms with E-state index < -0.39 is 4.92 Å². The second kappa shape index (κ2) is 4.00. The summed E-state index contributed by atoms with van der Waals surface area (Å²) in [7, 11) is 0. The first-order valence-corrected chi connectivity index (χ1v) is 3.62. The van der Waals surface area contributed by atoms with Gasteiger partial charge in [-0.3, -0.25) is 10.1 Å². The standard InChI is InChI=1S/C8H6N4O2/c9-5-11-8(10)6-2-1-3-7(4-6)12(13)14/h1-4H,(H2,10,11). The molecule has 0 aliphatic carbocycles.